The number of nitrogens with one attached hydrogen (secondary N) is 1. The Morgan fingerprint density at radius 2 is 2.14 bits per heavy atom. The lowest BCUT2D eigenvalue weighted by Crippen LogP contribution is -2.24. The van der Waals surface area contributed by atoms with Crippen LogP contribution in [0.4, 0.5) is 0 Å². The monoisotopic (exact) mass is 366 g/mol. The zero-order valence-corrected chi connectivity index (χ0v) is 15.2. The van der Waals surface area contributed by atoms with Crippen LogP contribution in [0.2, 0.25) is 0 Å². The lowest BCUT2D eigenvalue weighted by Gasteiger charge is -2.10. The van der Waals surface area contributed by atoms with Crippen LogP contribution in [0.3, 0.4) is 0 Å². The molecule has 2 heterocycles. The molecule has 0 aliphatic rings. The summed E-state index contributed by atoms with van der Waals surface area (Å²) in [5.74, 6) is 0.789. The van der Waals surface area contributed by atoms with Gasteiger partial charge in [-0.05, 0) is 25.4 Å². The lowest BCUT2D eigenvalue weighted by molar-refractivity contribution is 0.418. The number of thiophene rings is 1. The molecule has 0 saturated heterocycles. The number of nitrogens with zero attached hydrogens (tertiary/aromatic N) is 3. The van der Waals surface area contributed by atoms with Gasteiger partial charge in [-0.3, -0.25) is 0 Å². The molecule has 124 valence electrons. The predicted molar refractivity (Wildman–Crippen MR) is 88.0 cm³/mol. The van der Waals surface area contributed by atoms with Crippen LogP contribution in [0.15, 0.2) is 20.9 Å². The molecule has 1 unspecified atom stereocenters. The summed E-state index contributed by atoms with van der Waals surface area (Å²) in [6.45, 7) is 2.00. The van der Waals surface area contributed by atoms with Gasteiger partial charge in [0.2, 0.25) is 10.0 Å². The van der Waals surface area contributed by atoms with Gasteiger partial charge in [0.25, 0.3) is 5.89 Å². The molecule has 0 amide bonds. The van der Waals surface area contributed by atoms with Crippen molar-refractivity contribution in [3.8, 4) is 10.8 Å². The van der Waals surface area contributed by atoms with Crippen LogP contribution < -0.4 is 5.32 Å². The van der Waals surface area contributed by atoms with Gasteiger partial charge in [0.05, 0.1) is 0 Å². The number of likely N-dealkylation sites (N-methyl/N-ethyl adjacent to an activating group) is 1. The minimum atomic E-state index is -3.53. The molecular formula is C12H19ClN4O3S2. The second-order valence-corrected chi connectivity index (χ2v) is 7.85. The summed E-state index contributed by atoms with van der Waals surface area (Å²) in [4.78, 5) is 4.94. The van der Waals surface area contributed by atoms with Crippen LogP contribution >= 0.6 is 23.7 Å². The van der Waals surface area contributed by atoms with Gasteiger partial charge >= 0.3 is 0 Å². The van der Waals surface area contributed by atoms with E-state index in [0.29, 0.717) is 17.1 Å². The smallest absolute Gasteiger partial charge is 0.269 e. The standard InChI is InChI=1S/C12H18N4O3S2.ClH/c1-8(13-2)7-10-14-12(19-15-10)11-9(5-6-20-11)21(17,18)16(3)4;/h5-6,8,13H,7H2,1-4H3;1H. The average molecular weight is 367 g/mol. The van der Waals surface area contributed by atoms with Crippen molar-refractivity contribution >= 4 is 33.8 Å². The van der Waals surface area contributed by atoms with Crippen LogP contribution in [-0.4, -0.2) is 50.0 Å². The highest BCUT2D eigenvalue weighted by atomic mass is 35.5. The molecule has 0 radical (unpaired) electrons. The van der Waals surface area contributed by atoms with Gasteiger partial charge in [-0.25, -0.2) is 12.7 Å². The zero-order chi connectivity index (χ0) is 15.6. The topological polar surface area (TPSA) is 88.3 Å². The van der Waals surface area contributed by atoms with Crippen LogP contribution in [0.25, 0.3) is 10.8 Å². The summed E-state index contributed by atoms with van der Waals surface area (Å²) in [5.41, 5.74) is 0. The minimum Gasteiger partial charge on any atom is -0.333 e. The predicted octanol–water partition coefficient (Wildman–Crippen LogP) is 1.62. The molecular weight excluding hydrogens is 348 g/mol. The Labute approximate surface area is 140 Å². The summed E-state index contributed by atoms with van der Waals surface area (Å²) >= 11 is 1.27. The first-order valence-corrected chi connectivity index (χ1v) is 8.68. The van der Waals surface area contributed by atoms with Crippen molar-refractivity contribution in [2.24, 2.45) is 0 Å². The van der Waals surface area contributed by atoms with E-state index in [1.165, 1.54) is 29.7 Å². The van der Waals surface area contributed by atoms with E-state index in [4.69, 9.17) is 4.52 Å². The zero-order valence-electron chi connectivity index (χ0n) is 12.7. The van der Waals surface area contributed by atoms with Crippen LogP contribution in [0, 0.1) is 0 Å². The molecule has 2 rings (SSSR count). The van der Waals surface area contributed by atoms with Crippen LogP contribution in [0.1, 0.15) is 12.7 Å². The van der Waals surface area contributed by atoms with Gasteiger partial charge in [0.15, 0.2) is 5.82 Å². The number of hydrogen-bond acceptors (Lipinski definition) is 7. The highest BCUT2D eigenvalue weighted by Crippen LogP contribution is 2.32. The Morgan fingerprint density at radius 3 is 2.73 bits per heavy atom. The van der Waals surface area contributed by atoms with Crippen LogP contribution in [0.5, 0.6) is 0 Å². The molecule has 0 spiro atoms. The van der Waals surface area contributed by atoms with Crippen molar-refractivity contribution in [3.63, 3.8) is 0 Å². The van der Waals surface area contributed by atoms with Gasteiger partial charge in [-0.15, -0.1) is 23.7 Å². The van der Waals surface area contributed by atoms with Gasteiger partial charge < -0.3 is 9.84 Å². The summed E-state index contributed by atoms with van der Waals surface area (Å²) in [7, 11) is 1.31. The van der Waals surface area contributed by atoms with E-state index in [0.717, 1.165) is 0 Å². The van der Waals surface area contributed by atoms with E-state index in [9.17, 15) is 8.42 Å². The Balaban J connectivity index is 0.00000242. The van der Waals surface area contributed by atoms with Crippen molar-refractivity contribution in [1.82, 2.24) is 19.8 Å². The van der Waals surface area contributed by atoms with Gasteiger partial charge in [0, 0.05) is 26.6 Å². The molecule has 2 aromatic rings. The summed E-state index contributed by atoms with van der Waals surface area (Å²) in [6, 6.07) is 1.76. The third kappa shape index (κ3) is 3.85. The molecule has 0 bridgehead atoms. The molecule has 0 saturated carbocycles. The van der Waals surface area contributed by atoms with E-state index >= 15 is 0 Å². The number of hydrogen-bond donors (Lipinski definition) is 1. The van der Waals surface area contributed by atoms with Crippen molar-refractivity contribution in [1.29, 1.82) is 0 Å². The van der Waals surface area contributed by atoms with E-state index in [-0.39, 0.29) is 29.2 Å². The highest BCUT2D eigenvalue weighted by molar-refractivity contribution is 7.89. The summed E-state index contributed by atoms with van der Waals surface area (Å²) < 4.78 is 30.9. The highest BCUT2D eigenvalue weighted by Gasteiger charge is 2.26. The molecule has 1 atom stereocenters. The summed E-state index contributed by atoms with van der Waals surface area (Å²) in [5, 5.41) is 8.69. The first kappa shape index (κ1) is 19.0. The molecule has 7 nitrogen and oxygen atoms in total. The first-order valence-electron chi connectivity index (χ1n) is 6.36. The lowest BCUT2D eigenvalue weighted by atomic mass is 10.2. The maximum atomic E-state index is 12.3. The number of sulfonamides is 1. The third-order valence-electron chi connectivity index (χ3n) is 3.03. The molecule has 22 heavy (non-hydrogen) atoms. The fourth-order valence-corrected chi connectivity index (χ4v) is 3.87. The normalized spacial score (nSPS) is 13.1. The average Bonchev–Trinajstić information content (AvgIpc) is 3.06. The van der Waals surface area contributed by atoms with E-state index < -0.39 is 10.0 Å². The molecule has 10 heteroatoms. The van der Waals surface area contributed by atoms with Gasteiger partial charge in [-0.2, -0.15) is 4.98 Å². The van der Waals surface area contributed by atoms with Crippen molar-refractivity contribution < 1.29 is 12.9 Å². The fourth-order valence-electron chi connectivity index (χ4n) is 1.66. The van der Waals surface area contributed by atoms with Crippen molar-refractivity contribution in [2.75, 3.05) is 21.1 Å². The molecule has 2 aromatic heterocycles. The quantitative estimate of drug-likeness (QED) is 0.835. The summed E-state index contributed by atoms with van der Waals surface area (Å²) in [6.07, 6.45) is 0.612. The number of halogens is 1. The van der Waals surface area contributed by atoms with Crippen molar-refractivity contribution in [3.05, 3.63) is 17.3 Å². The Bertz CT molecular complexity index is 712. The number of aromatic nitrogens is 2. The van der Waals surface area contributed by atoms with E-state index in [1.54, 1.807) is 11.4 Å². The largest absolute Gasteiger partial charge is 0.333 e. The van der Waals surface area contributed by atoms with E-state index in [1.807, 2.05) is 14.0 Å². The SMILES string of the molecule is CNC(C)Cc1noc(-c2sccc2S(=O)(=O)N(C)C)n1.Cl. The van der Waals surface area contributed by atoms with Gasteiger partial charge in [0.1, 0.15) is 9.77 Å². The second kappa shape index (κ2) is 7.51. The second-order valence-electron chi connectivity index (χ2n) is 4.81. The molecule has 1 N–H and O–H groups in total. The Kier molecular flexibility index (Phi) is 6.50. The van der Waals surface area contributed by atoms with E-state index in [2.05, 4.69) is 15.5 Å². The molecule has 0 aliphatic carbocycles. The van der Waals surface area contributed by atoms with Crippen molar-refractivity contribution in [2.45, 2.75) is 24.3 Å². The third-order valence-corrected chi connectivity index (χ3v) is 5.92. The van der Waals surface area contributed by atoms with Gasteiger partial charge in [-0.1, -0.05) is 5.16 Å². The molecule has 0 fully saturated rings. The molecule has 0 aliphatic heterocycles. The maximum Gasteiger partial charge on any atom is 0.269 e. The first-order chi connectivity index (χ1) is 9.86. The maximum absolute atomic E-state index is 12.3. The molecule has 0 aromatic carbocycles. The van der Waals surface area contributed by atoms with Crippen LogP contribution in [-0.2, 0) is 16.4 Å². The Hall–Kier alpha value is -1.00. The fraction of sp³-hybridized carbons (Fsp3) is 0.500. The Morgan fingerprint density at radius 1 is 1.45 bits per heavy atom. The number of rotatable bonds is 6. The minimum absolute atomic E-state index is 0.